The monoisotopic (exact) mass is 269 g/mol. The van der Waals surface area contributed by atoms with Crippen LogP contribution in [0.15, 0.2) is 36.4 Å². The number of nitrogens with zero attached hydrogens (tertiary/aromatic N) is 1. The molecule has 20 heavy (non-hydrogen) atoms. The fourth-order valence-electron chi connectivity index (χ4n) is 2.43. The van der Waals surface area contributed by atoms with Crippen molar-refractivity contribution < 1.29 is 9.47 Å². The highest BCUT2D eigenvalue weighted by Gasteiger charge is 2.18. The van der Waals surface area contributed by atoms with Crippen molar-refractivity contribution in [3.05, 3.63) is 53.1 Å². The van der Waals surface area contributed by atoms with Crippen molar-refractivity contribution >= 4 is 5.69 Å². The summed E-state index contributed by atoms with van der Waals surface area (Å²) in [6.45, 7) is 5.70. The molecule has 1 heterocycles. The molecule has 0 aromatic heterocycles. The largest absolute Gasteiger partial charge is 0.497 e. The Morgan fingerprint density at radius 3 is 2.65 bits per heavy atom. The average molecular weight is 269 g/mol. The first-order valence-corrected chi connectivity index (χ1v) is 6.79. The van der Waals surface area contributed by atoms with Crippen molar-refractivity contribution in [2.75, 3.05) is 18.7 Å². The number of hydrogen-bond acceptors (Lipinski definition) is 3. The van der Waals surface area contributed by atoms with E-state index in [1.54, 1.807) is 7.11 Å². The standard InChI is InChI=1S/C17H19NO2/c1-12-4-5-15(8-13(12)2)18-10-14-9-16(19-3)6-7-17(14)20-11-18/h4-9H,10-11H2,1-3H3. The summed E-state index contributed by atoms with van der Waals surface area (Å²) in [4.78, 5) is 2.23. The Hall–Kier alpha value is -2.16. The quantitative estimate of drug-likeness (QED) is 0.830. The number of fused-ring (bicyclic) bond motifs is 1. The molecular formula is C17H19NO2. The normalized spacial score (nSPS) is 13.7. The molecule has 3 rings (SSSR count). The fraction of sp³-hybridized carbons (Fsp3) is 0.294. The Kier molecular flexibility index (Phi) is 3.26. The summed E-state index contributed by atoms with van der Waals surface area (Å²) in [5, 5.41) is 0. The van der Waals surface area contributed by atoms with Gasteiger partial charge in [0.25, 0.3) is 0 Å². The highest BCUT2D eigenvalue weighted by Crippen LogP contribution is 2.31. The third-order valence-electron chi connectivity index (χ3n) is 3.86. The summed E-state index contributed by atoms with van der Waals surface area (Å²) in [6.07, 6.45) is 0. The summed E-state index contributed by atoms with van der Waals surface area (Å²) >= 11 is 0. The Bertz CT molecular complexity index is 637. The molecule has 0 spiro atoms. The molecule has 0 amide bonds. The third kappa shape index (κ3) is 2.31. The molecular weight excluding hydrogens is 250 g/mol. The van der Waals surface area contributed by atoms with Gasteiger partial charge in [0.15, 0.2) is 6.73 Å². The number of ether oxygens (including phenoxy) is 2. The minimum absolute atomic E-state index is 0.585. The average Bonchev–Trinajstić information content (AvgIpc) is 2.49. The van der Waals surface area contributed by atoms with Crippen LogP contribution in [0, 0.1) is 13.8 Å². The zero-order valence-electron chi connectivity index (χ0n) is 12.1. The van der Waals surface area contributed by atoms with Gasteiger partial charge in [-0.3, -0.25) is 0 Å². The number of methoxy groups -OCH3 is 1. The van der Waals surface area contributed by atoms with Crippen LogP contribution in [0.4, 0.5) is 5.69 Å². The maximum absolute atomic E-state index is 5.83. The van der Waals surface area contributed by atoms with Crippen LogP contribution < -0.4 is 14.4 Å². The lowest BCUT2D eigenvalue weighted by molar-refractivity contribution is 0.288. The zero-order valence-corrected chi connectivity index (χ0v) is 12.1. The van der Waals surface area contributed by atoms with E-state index in [1.807, 2.05) is 18.2 Å². The molecule has 0 N–H and O–H groups in total. The predicted octanol–water partition coefficient (Wildman–Crippen LogP) is 3.67. The van der Waals surface area contributed by atoms with E-state index in [1.165, 1.54) is 16.8 Å². The summed E-state index contributed by atoms with van der Waals surface area (Å²) in [5.74, 6) is 1.82. The molecule has 1 aliphatic rings. The van der Waals surface area contributed by atoms with Crippen molar-refractivity contribution in [1.82, 2.24) is 0 Å². The van der Waals surface area contributed by atoms with Crippen molar-refractivity contribution in [3.8, 4) is 11.5 Å². The SMILES string of the molecule is COc1ccc2c(c1)CN(c1ccc(C)c(C)c1)CO2. The Morgan fingerprint density at radius 1 is 1.05 bits per heavy atom. The molecule has 2 aromatic carbocycles. The van der Waals surface area contributed by atoms with Gasteiger partial charge in [-0.2, -0.15) is 0 Å². The van der Waals surface area contributed by atoms with Gasteiger partial charge in [0, 0.05) is 17.8 Å². The first kappa shape index (κ1) is 12.9. The highest BCUT2D eigenvalue weighted by molar-refractivity contribution is 5.53. The van der Waals surface area contributed by atoms with Crippen molar-refractivity contribution in [2.45, 2.75) is 20.4 Å². The Balaban J connectivity index is 1.89. The molecule has 104 valence electrons. The molecule has 0 saturated carbocycles. The highest BCUT2D eigenvalue weighted by atomic mass is 16.5. The molecule has 0 unspecified atom stereocenters. The van der Waals surface area contributed by atoms with Crippen LogP contribution in [0.5, 0.6) is 11.5 Å². The van der Waals surface area contributed by atoms with Gasteiger partial charge < -0.3 is 14.4 Å². The summed E-state index contributed by atoms with van der Waals surface area (Å²) in [5.41, 5.74) is 4.98. The van der Waals surface area contributed by atoms with Crippen LogP contribution in [-0.2, 0) is 6.54 Å². The zero-order chi connectivity index (χ0) is 14.1. The molecule has 1 aliphatic heterocycles. The maximum atomic E-state index is 5.83. The molecule has 0 aliphatic carbocycles. The van der Waals surface area contributed by atoms with Gasteiger partial charge in [-0.1, -0.05) is 6.07 Å². The molecule has 2 aromatic rings. The smallest absolute Gasteiger partial charge is 0.161 e. The van der Waals surface area contributed by atoms with E-state index in [9.17, 15) is 0 Å². The van der Waals surface area contributed by atoms with Crippen LogP contribution in [-0.4, -0.2) is 13.8 Å². The second kappa shape index (κ2) is 5.08. The van der Waals surface area contributed by atoms with E-state index in [4.69, 9.17) is 9.47 Å². The van der Waals surface area contributed by atoms with Crippen LogP contribution in [0.25, 0.3) is 0 Å². The second-order valence-electron chi connectivity index (χ2n) is 5.21. The summed E-state index contributed by atoms with van der Waals surface area (Å²) < 4.78 is 11.1. The van der Waals surface area contributed by atoms with Crippen LogP contribution in [0.2, 0.25) is 0 Å². The second-order valence-corrected chi connectivity index (χ2v) is 5.21. The van der Waals surface area contributed by atoms with Gasteiger partial charge in [0.05, 0.1) is 7.11 Å². The number of hydrogen-bond donors (Lipinski definition) is 0. The summed E-state index contributed by atoms with van der Waals surface area (Å²) in [7, 11) is 1.69. The minimum atomic E-state index is 0.585. The molecule has 0 saturated heterocycles. The first-order chi connectivity index (χ1) is 9.67. The van der Waals surface area contributed by atoms with Gasteiger partial charge in [0.2, 0.25) is 0 Å². The lowest BCUT2D eigenvalue weighted by Crippen LogP contribution is -2.31. The maximum Gasteiger partial charge on any atom is 0.161 e. The molecule has 0 atom stereocenters. The lowest BCUT2D eigenvalue weighted by Gasteiger charge is -2.31. The first-order valence-electron chi connectivity index (χ1n) is 6.79. The number of benzene rings is 2. The van der Waals surface area contributed by atoms with E-state index >= 15 is 0 Å². The minimum Gasteiger partial charge on any atom is -0.497 e. The molecule has 3 heteroatoms. The Morgan fingerprint density at radius 2 is 1.90 bits per heavy atom. The molecule has 0 fully saturated rings. The van der Waals surface area contributed by atoms with Gasteiger partial charge in [-0.25, -0.2) is 0 Å². The van der Waals surface area contributed by atoms with Gasteiger partial charge in [0.1, 0.15) is 11.5 Å². The van der Waals surface area contributed by atoms with Crippen LogP contribution in [0.1, 0.15) is 16.7 Å². The van der Waals surface area contributed by atoms with Crippen molar-refractivity contribution in [1.29, 1.82) is 0 Å². The van der Waals surface area contributed by atoms with Crippen molar-refractivity contribution in [2.24, 2.45) is 0 Å². The van der Waals surface area contributed by atoms with Gasteiger partial charge >= 0.3 is 0 Å². The molecule has 0 bridgehead atoms. The van der Waals surface area contributed by atoms with E-state index in [0.29, 0.717) is 6.73 Å². The molecule has 3 nitrogen and oxygen atoms in total. The predicted molar refractivity (Wildman–Crippen MR) is 80.6 cm³/mol. The van der Waals surface area contributed by atoms with Crippen molar-refractivity contribution in [3.63, 3.8) is 0 Å². The van der Waals surface area contributed by atoms with E-state index in [-0.39, 0.29) is 0 Å². The number of rotatable bonds is 2. The third-order valence-corrected chi connectivity index (χ3v) is 3.86. The fourth-order valence-corrected chi connectivity index (χ4v) is 2.43. The topological polar surface area (TPSA) is 21.7 Å². The van der Waals surface area contributed by atoms with E-state index in [0.717, 1.165) is 23.6 Å². The molecule has 0 radical (unpaired) electrons. The number of anilines is 1. The van der Waals surface area contributed by atoms with Crippen LogP contribution in [0.3, 0.4) is 0 Å². The van der Waals surface area contributed by atoms with E-state index in [2.05, 4.69) is 36.9 Å². The van der Waals surface area contributed by atoms with Gasteiger partial charge in [-0.05, 0) is 55.3 Å². The van der Waals surface area contributed by atoms with E-state index < -0.39 is 0 Å². The lowest BCUT2D eigenvalue weighted by atomic mass is 10.1. The van der Waals surface area contributed by atoms with Crippen LogP contribution >= 0.6 is 0 Å². The summed E-state index contributed by atoms with van der Waals surface area (Å²) in [6, 6.07) is 12.5. The Labute approximate surface area is 119 Å². The van der Waals surface area contributed by atoms with Gasteiger partial charge in [-0.15, -0.1) is 0 Å². The number of aryl methyl sites for hydroxylation is 2.